The first kappa shape index (κ1) is 8.37. The van der Waals surface area contributed by atoms with Crippen LogP contribution in [-0.2, 0) is 0 Å². The maximum Gasteiger partial charge on any atom is 0.125 e. The molecule has 0 spiro atoms. The lowest BCUT2D eigenvalue weighted by molar-refractivity contribution is 0.308. The van der Waals surface area contributed by atoms with E-state index in [4.69, 9.17) is 5.73 Å². The molecule has 1 nitrogen and oxygen atoms in total. The van der Waals surface area contributed by atoms with Gasteiger partial charge in [0.05, 0.1) is 0 Å². The highest BCUT2D eigenvalue weighted by molar-refractivity contribution is 9.09. The normalized spacial score (nSPS) is 18.0. The van der Waals surface area contributed by atoms with Crippen LogP contribution in [0.5, 0.6) is 0 Å². The molecule has 50 valence electrons. The van der Waals surface area contributed by atoms with Crippen LogP contribution in [0.2, 0.25) is 0 Å². The fraction of sp³-hybridized carbons (Fsp3) is 1.00. The van der Waals surface area contributed by atoms with Crippen molar-refractivity contribution in [3.05, 3.63) is 0 Å². The maximum absolute atomic E-state index is 12.4. The molecule has 0 rings (SSSR count). The van der Waals surface area contributed by atoms with Crippen molar-refractivity contribution in [3.63, 3.8) is 0 Å². The second kappa shape index (κ2) is 4.27. The molecule has 0 amide bonds. The molecular formula is C5H11BrFN. The molecule has 0 aliphatic rings. The summed E-state index contributed by atoms with van der Waals surface area (Å²) in [6.45, 7) is 1.87. The molecule has 0 fully saturated rings. The zero-order valence-electron chi connectivity index (χ0n) is 4.90. The van der Waals surface area contributed by atoms with Crippen molar-refractivity contribution < 1.29 is 4.39 Å². The third-order valence-electron chi connectivity index (χ3n) is 1.08. The Hall–Kier alpha value is 0.370. The molecule has 2 unspecified atom stereocenters. The van der Waals surface area contributed by atoms with Gasteiger partial charge in [-0.05, 0) is 6.42 Å². The molecule has 2 N–H and O–H groups in total. The van der Waals surface area contributed by atoms with Crippen LogP contribution in [-0.4, -0.2) is 17.5 Å². The Kier molecular flexibility index (Phi) is 4.47. The van der Waals surface area contributed by atoms with Gasteiger partial charge in [-0.2, -0.15) is 0 Å². The molecule has 0 aromatic rings. The maximum atomic E-state index is 12.4. The molecule has 0 aliphatic carbocycles. The summed E-state index contributed by atoms with van der Waals surface area (Å²) in [5.41, 5.74) is 5.32. The Morgan fingerprint density at radius 1 is 1.75 bits per heavy atom. The van der Waals surface area contributed by atoms with Gasteiger partial charge < -0.3 is 5.73 Å². The molecule has 0 aliphatic heterocycles. The van der Waals surface area contributed by atoms with Crippen molar-refractivity contribution in [3.8, 4) is 0 Å². The molecule has 0 aromatic carbocycles. The van der Waals surface area contributed by atoms with Crippen LogP contribution < -0.4 is 5.73 Å². The van der Waals surface area contributed by atoms with Gasteiger partial charge in [-0.25, -0.2) is 4.39 Å². The second-order valence-corrected chi connectivity index (χ2v) is 2.39. The number of halogens is 2. The topological polar surface area (TPSA) is 26.0 Å². The molecule has 0 heterocycles. The second-order valence-electron chi connectivity index (χ2n) is 1.74. The van der Waals surface area contributed by atoms with E-state index in [-0.39, 0.29) is 6.04 Å². The van der Waals surface area contributed by atoms with E-state index in [1.807, 2.05) is 6.92 Å². The molecule has 8 heavy (non-hydrogen) atoms. The molecule has 0 saturated carbocycles. The first-order chi connectivity index (χ1) is 3.72. The molecule has 0 aromatic heterocycles. The van der Waals surface area contributed by atoms with Crippen molar-refractivity contribution in [2.45, 2.75) is 25.6 Å². The highest BCUT2D eigenvalue weighted by atomic mass is 79.9. The monoisotopic (exact) mass is 183 g/mol. The zero-order valence-corrected chi connectivity index (χ0v) is 6.49. The van der Waals surface area contributed by atoms with Crippen molar-refractivity contribution in [2.75, 3.05) is 5.33 Å². The molecule has 0 radical (unpaired) electrons. The minimum absolute atomic E-state index is 0.297. The predicted molar refractivity (Wildman–Crippen MR) is 37.0 cm³/mol. The van der Waals surface area contributed by atoms with Crippen LogP contribution in [0, 0.1) is 0 Å². The van der Waals surface area contributed by atoms with Gasteiger partial charge >= 0.3 is 0 Å². The molecule has 2 atom stereocenters. The Morgan fingerprint density at radius 3 is 2.38 bits per heavy atom. The lowest BCUT2D eigenvalue weighted by Crippen LogP contribution is -2.31. The third kappa shape index (κ3) is 2.62. The Labute approximate surface area is 57.6 Å². The highest BCUT2D eigenvalue weighted by Gasteiger charge is 2.11. The Bertz CT molecular complexity index is 52.4. The minimum atomic E-state index is -0.889. The predicted octanol–water partition coefficient (Wildman–Crippen LogP) is 1.46. The van der Waals surface area contributed by atoms with E-state index in [1.54, 1.807) is 0 Å². The largest absolute Gasteiger partial charge is 0.325 e. The average molecular weight is 184 g/mol. The quantitative estimate of drug-likeness (QED) is 0.660. The van der Waals surface area contributed by atoms with Crippen LogP contribution in [0.15, 0.2) is 0 Å². The van der Waals surface area contributed by atoms with Gasteiger partial charge in [0.1, 0.15) is 6.17 Å². The SMILES string of the molecule is CCC(N)C(F)CBr. The van der Waals surface area contributed by atoms with Crippen molar-refractivity contribution >= 4 is 15.9 Å². The number of hydrogen-bond donors (Lipinski definition) is 1. The Balaban J connectivity index is 3.29. The van der Waals surface area contributed by atoms with Crippen LogP contribution >= 0.6 is 15.9 Å². The molecule has 0 saturated heterocycles. The minimum Gasteiger partial charge on any atom is -0.325 e. The number of hydrogen-bond acceptors (Lipinski definition) is 1. The number of nitrogens with two attached hydrogens (primary N) is 1. The van der Waals surface area contributed by atoms with E-state index in [9.17, 15) is 4.39 Å². The summed E-state index contributed by atoms with van der Waals surface area (Å²) in [5, 5.41) is 0.349. The summed E-state index contributed by atoms with van der Waals surface area (Å²) in [6, 6.07) is -0.297. The van der Waals surface area contributed by atoms with E-state index < -0.39 is 6.17 Å². The molecule has 0 bridgehead atoms. The summed E-state index contributed by atoms with van der Waals surface area (Å²) in [4.78, 5) is 0. The number of rotatable bonds is 3. The summed E-state index contributed by atoms with van der Waals surface area (Å²) >= 11 is 3.00. The van der Waals surface area contributed by atoms with Crippen molar-refractivity contribution in [1.82, 2.24) is 0 Å². The summed E-state index contributed by atoms with van der Waals surface area (Å²) < 4.78 is 12.4. The van der Waals surface area contributed by atoms with Crippen LogP contribution in [0.1, 0.15) is 13.3 Å². The van der Waals surface area contributed by atoms with Gasteiger partial charge in [-0.3, -0.25) is 0 Å². The van der Waals surface area contributed by atoms with Crippen molar-refractivity contribution in [1.29, 1.82) is 0 Å². The van der Waals surface area contributed by atoms with E-state index >= 15 is 0 Å². The fourth-order valence-corrected chi connectivity index (χ4v) is 0.850. The van der Waals surface area contributed by atoms with Gasteiger partial charge in [0.25, 0.3) is 0 Å². The molecule has 3 heteroatoms. The first-order valence-corrected chi connectivity index (χ1v) is 3.80. The average Bonchev–Trinajstić information content (AvgIpc) is 1.84. The summed E-state index contributed by atoms with van der Waals surface area (Å²) in [7, 11) is 0. The highest BCUT2D eigenvalue weighted by Crippen LogP contribution is 2.02. The van der Waals surface area contributed by atoms with Gasteiger partial charge in [0.2, 0.25) is 0 Å². The van der Waals surface area contributed by atoms with E-state index in [1.165, 1.54) is 0 Å². The van der Waals surface area contributed by atoms with Gasteiger partial charge in [0, 0.05) is 11.4 Å². The van der Waals surface area contributed by atoms with Gasteiger partial charge in [-0.1, -0.05) is 22.9 Å². The summed E-state index contributed by atoms with van der Waals surface area (Å²) in [5.74, 6) is 0. The van der Waals surface area contributed by atoms with Crippen molar-refractivity contribution in [2.24, 2.45) is 5.73 Å². The van der Waals surface area contributed by atoms with Crippen LogP contribution in [0.3, 0.4) is 0 Å². The molecular weight excluding hydrogens is 173 g/mol. The lowest BCUT2D eigenvalue weighted by atomic mass is 10.2. The van der Waals surface area contributed by atoms with Crippen LogP contribution in [0.25, 0.3) is 0 Å². The fourth-order valence-electron chi connectivity index (χ4n) is 0.370. The zero-order chi connectivity index (χ0) is 6.57. The lowest BCUT2D eigenvalue weighted by Gasteiger charge is -2.10. The van der Waals surface area contributed by atoms with Crippen LogP contribution in [0.4, 0.5) is 4.39 Å². The van der Waals surface area contributed by atoms with Gasteiger partial charge in [-0.15, -0.1) is 0 Å². The Morgan fingerprint density at radius 2 is 2.25 bits per heavy atom. The van der Waals surface area contributed by atoms with E-state index in [0.29, 0.717) is 11.8 Å². The smallest absolute Gasteiger partial charge is 0.125 e. The number of alkyl halides is 2. The standard InChI is InChI=1S/C5H11BrFN/c1-2-5(8)4(7)3-6/h4-5H,2-3,8H2,1H3. The third-order valence-corrected chi connectivity index (χ3v) is 1.70. The summed E-state index contributed by atoms with van der Waals surface area (Å²) in [6.07, 6.45) is -0.188. The van der Waals surface area contributed by atoms with Gasteiger partial charge in [0.15, 0.2) is 0 Å². The van der Waals surface area contributed by atoms with E-state index in [0.717, 1.165) is 0 Å². The first-order valence-electron chi connectivity index (χ1n) is 2.68. The van der Waals surface area contributed by atoms with E-state index in [2.05, 4.69) is 15.9 Å².